The second-order valence-corrected chi connectivity index (χ2v) is 7.82. The predicted molar refractivity (Wildman–Crippen MR) is 82.7 cm³/mol. The summed E-state index contributed by atoms with van der Waals surface area (Å²) < 4.78 is 0. The predicted octanol–water partition coefficient (Wildman–Crippen LogP) is 2.25. The van der Waals surface area contributed by atoms with Gasteiger partial charge in [-0.3, -0.25) is 0 Å². The first kappa shape index (κ1) is 14.8. The molecule has 20 heavy (non-hydrogen) atoms. The largest absolute Gasteiger partial charge is 0.394 e. The fourth-order valence-electron chi connectivity index (χ4n) is 4.41. The molecule has 116 valence electrons. The number of aliphatic hydroxyl groups excluding tert-OH is 1. The Bertz CT molecular complexity index is 321. The van der Waals surface area contributed by atoms with Gasteiger partial charge >= 0.3 is 0 Å². The Morgan fingerprint density at radius 3 is 2.45 bits per heavy atom. The van der Waals surface area contributed by atoms with Gasteiger partial charge in [-0.25, -0.2) is 0 Å². The molecule has 2 N–H and O–H groups in total. The summed E-state index contributed by atoms with van der Waals surface area (Å²) in [6.45, 7) is 8.88. The summed E-state index contributed by atoms with van der Waals surface area (Å²) in [4.78, 5) is 2.65. The molecular weight excluding hydrogens is 248 g/mol. The Morgan fingerprint density at radius 2 is 1.85 bits per heavy atom. The zero-order valence-electron chi connectivity index (χ0n) is 13.3. The summed E-state index contributed by atoms with van der Waals surface area (Å²) in [5.74, 6) is 2.39. The third-order valence-corrected chi connectivity index (χ3v) is 6.17. The molecule has 3 fully saturated rings. The van der Waals surface area contributed by atoms with E-state index < -0.39 is 0 Å². The van der Waals surface area contributed by atoms with Crippen molar-refractivity contribution >= 4 is 0 Å². The van der Waals surface area contributed by atoms with Gasteiger partial charge in [0.15, 0.2) is 0 Å². The van der Waals surface area contributed by atoms with Crippen LogP contribution in [0, 0.1) is 17.8 Å². The van der Waals surface area contributed by atoms with Crippen molar-refractivity contribution in [2.24, 2.45) is 17.8 Å². The number of nitrogens with one attached hydrogen (secondary N) is 1. The Hall–Kier alpha value is -0.120. The SMILES string of the molecule is CC1CN(CCC2CCCC2(CO)NC2CC2)CC1C. The van der Waals surface area contributed by atoms with Gasteiger partial charge in [-0.15, -0.1) is 0 Å². The summed E-state index contributed by atoms with van der Waals surface area (Å²) in [6.07, 6.45) is 7.67. The van der Waals surface area contributed by atoms with E-state index in [1.54, 1.807) is 0 Å². The number of nitrogens with zero attached hydrogens (tertiary/aromatic N) is 1. The summed E-state index contributed by atoms with van der Waals surface area (Å²) in [6, 6.07) is 0.703. The van der Waals surface area contributed by atoms with E-state index in [9.17, 15) is 5.11 Å². The third-order valence-electron chi connectivity index (χ3n) is 6.17. The third kappa shape index (κ3) is 3.05. The van der Waals surface area contributed by atoms with Crippen LogP contribution in [0.15, 0.2) is 0 Å². The van der Waals surface area contributed by atoms with E-state index in [2.05, 4.69) is 24.1 Å². The molecular formula is C17H32N2O. The van der Waals surface area contributed by atoms with Gasteiger partial charge in [-0.1, -0.05) is 20.3 Å². The first-order chi connectivity index (χ1) is 9.63. The van der Waals surface area contributed by atoms with Crippen molar-refractivity contribution in [2.45, 2.75) is 64.0 Å². The number of likely N-dealkylation sites (tertiary alicyclic amines) is 1. The number of hydrogen-bond donors (Lipinski definition) is 2. The van der Waals surface area contributed by atoms with Crippen molar-refractivity contribution in [1.82, 2.24) is 10.2 Å². The molecule has 3 nitrogen and oxygen atoms in total. The molecule has 0 amide bonds. The second-order valence-electron chi connectivity index (χ2n) is 7.82. The van der Waals surface area contributed by atoms with Gasteiger partial charge in [0, 0.05) is 24.7 Å². The molecule has 3 aliphatic rings. The lowest BCUT2D eigenvalue weighted by Gasteiger charge is -2.36. The quantitative estimate of drug-likeness (QED) is 0.783. The van der Waals surface area contributed by atoms with E-state index in [1.807, 2.05) is 0 Å². The lowest BCUT2D eigenvalue weighted by Crippen LogP contribution is -2.53. The van der Waals surface area contributed by atoms with Crippen molar-refractivity contribution in [1.29, 1.82) is 0 Å². The number of aliphatic hydroxyl groups is 1. The molecule has 1 aliphatic heterocycles. The first-order valence-electron chi connectivity index (χ1n) is 8.74. The average molecular weight is 280 g/mol. The van der Waals surface area contributed by atoms with Crippen LogP contribution in [0.2, 0.25) is 0 Å². The van der Waals surface area contributed by atoms with E-state index >= 15 is 0 Å². The van der Waals surface area contributed by atoms with Crippen LogP contribution in [0.25, 0.3) is 0 Å². The van der Waals surface area contributed by atoms with Gasteiger partial charge in [0.25, 0.3) is 0 Å². The molecule has 1 saturated heterocycles. The molecule has 0 spiro atoms. The summed E-state index contributed by atoms with van der Waals surface area (Å²) in [5.41, 5.74) is 0.0537. The van der Waals surface area contributed by atoms with Gasteiger partial charge in [0.1, 0.15) is 0 Å². The Kier molecular flexibility index (Phi) is 4.40. The van der Waals surface area contributed by atoms with Crippen molar-refractivity contribution < 1.29 is 5.11 Å². The van der Waals surface area contributed by atoms with Crippen LogP contribution in [0.5, 0.6) is 0 Å². The van der Waals surface area contributed by atoms with Gasteiger partial charge in [0.2, 0.25) is 0 Å². The van der Waals surface area contributed by atoms with Crippen molar-refractivity contribution in [3.63, 3.8) is 0 Å². The molecule has 0 radical (unpaired) electrons. The van der Waals surface area contributed by atoms with Gasteiger partial charge in [-0.05, 0) is 56.4 Å². The molecule has 2 aliphatic carbocycles. The van der Waals surface area contributed by atoms with E-state index in [1.165, 1.54) is 58.2 Å². The molecule has 1 heterocycles. The lowest BCUT2D eigenvalue weighted by molar-refractivity contribution is 0.111. The lowest BCUT2D eigenvalue weighted by atomic mass is 9.85. The Labute approximate surface area is 124 Å². The van der Waals surface area contributed by atoms with Crippen LogP contribution in [-0.4, -0.2) is 47.8 Å². The van der Waals surface area contributed by atoms with Crippen molar-refractivity contribution in [3.8, 4) is 0 Å². The van der Waals surface area contributed by atoms with Crippen LogP contribution >= 0.6 is 0 Å². The molecule has 0 aromatic heterocycles. The fourth-order valence-corrected chi connectivity index (χ4v) is 4.41. The molecule has 3 heteroatoms. The van der Waals surface area contributed by atoms with Crippen LogP contribution in [0.3, 0.4) is 0 Å². The molecule has 3 rings (SSSR count). The summed E-state index contributed by atoms with van der Waals surface area (Å²) in [5, 5.41) is 13.8. The molecule has 0 aromatic rings. The van der Waals surface area contributed by atoms with Crippen LogP contribution in [0.4, 0.5) is 0 Å². The maximum atomic E-state index is 9.96. The van der Waals surface area contributed by atoms with Crippen molar-refractivity contribution in [2.75, 3.05) is 26.2 Å². The molecule has 4 atom stereocenters. The summed E-state index contributed by atoms with van der Waals surface area (Å²) >= 11 is 0. The van der Waals surface area contributed by atoms with Crippen LogP contribution in [0.1, 0.15) is 52.4 Å². The van der Waals surface area contributed by atoms with Crippen LogP contribution in [-0.2, 0) is 0 Å². The zero-order chi connectivity index (χ0) is 14.2. The molecule has 0 aromatic carbocycles. The first-order valence-corrected chi connectivity index (χ1v) is 8.74. The minimum absolute atomic E-state index is 0.0537. The molecule has 2 saturated carbocycles. The zero-order valence-corrected chi connectivity index (χ0v) is 13.3. The minimum atomic E-state index is 0.0537. The van der Waals surface area contributed by atoms with E-state index in [-0.39, 0.29) is 5.54 Å². The Morgan fingerprint density at radius 1 is 1.15 bits per heavy atom. The second kappa shape index (κ2) is 5.94. The van der Waals surface area contributed by atoms with E-state index in [4.69, 9.17) is 0 Å². The molecule has 0 bridgehead atoms. The number of hydrogen-bond acceptors (Lipinski definition) is 3. The standard InChI is InChI=1S/C17H32N2O/c1-13-10-19(11-14(13)2)9-7-15-4-3-8-17(15,12-20)18-16-5-6-16/h13-16,18,20H,3-12H2,1-2H3. The van der Waals surface area contributed by atoms with Crippen molar-refractivity contribution in [3.05, 3.63) is 0 Å². The maximum Gasteiger partial charge on any atom is 0.0616 e. The summed E-state index contributed by atoms with van der Waals surface area (Å²) in [7, 11) is 0. The van der Waals surface area contributed by atoms with E-state index in [0.717, 1.165) is 11.8 Å². The highest BCUT2D eigenvalue weighted by Gasteiger charge is 2.45. The van der Waals surface area contributed by atoms with Gasteiger partial charge < -0.3 is 15.3 Å². The normalized spacial score (nSPS) is 42.5. The monoisotopic (exact) mass is 280 g/mol. The van der Waals surface area contributed by atoms with Gasteiger partial charge in [-0.2, -0.15) is 0 Å². The Balaban J connectivity index is 1.52. The smallest absolute Gasteiger partial charge is 0.0616 e. The highest BCUT2D eigenvalue weighted by Crippen LogP contribution is 2.40. The highest BCUT2D eigenvalue weighted by atomic mass is 16.3. The fraction of sp³-hybridized carbons (Fsp3) is 1.00. The number of rotatable bonds is 6. The average Bonchev–Trinajstić information content (AvgIpc) is 3.06. The van der Waals surface area contributed by atoms with E-state index in [0.29, 0.717) is 18.6 Å². The maximum absolute atomic E-state index is 9.96. The minimum Gasteiger partial charge on any atom is -0.394 e. The van der Waals surface area contributed by atoms with Crippen LogP contribution < -0.4 is 5.32 Å². The highest BCUT2D eigenvalue weighted by molar-refractivity contribution is 5.03. The van der Waals surface area contributed by atoms with Gasteiger partial charge in [0.05, 0.1) is 6.61 Å². The topological polar surface area (TPSA) is 35.5 Å². The molecule has 4 unspecified atom stereocenters.